The lowest BCUT2D eigenvalue weighted by Crippen LogP contribution is -2.18. The molecule has 0 radical (unpaired) electrons. The lowest BCUT2D eigenvalue weighted by atomic mass is 9.96. The van der Waals surface area contributed by atoms with Gasteiger partial charge in [0.15, 0.2) is 0 Å². The first-order valence-electron chi connectivity index (χ1n) is 8.98. The molecule has 134 valence electrons. The number of anilines is 1. The number of thioether (sulfide) groups is 1. The molecule has 0 spiro atoms. The van der Waals surface area contributed by atoms with E-state index in [2.05, 4.69) is 33.8 Å². The monoisotopic (exact) mass is 359 g/mol. The van der Waals surface area contributed by atoms with Crippen molar-refractivity contribution in [3.63, 3.8) is 0 Å². The number of hydrogen-bond acceptors (Lipinski definition) is 5. The van der Waals surface area contributed by atoms with Crippen LogP contribution in [-0.4, -0.2) is 31.9 Å². The first kappa shape index (κ1) is 17.9. The number of carbonyl (C=O) groups is 1. The molecule has 1 N–H and O–H groups in total. The molecule has 1 aromatic carbocycles. The summed E-state index contributed by atoms with van der Waals surface area (Å²) in [6.45, 7) is 4.11. The maximum Gasteiger partial charge on any atom is 0.234 e. The number of nitrogens with zero attached hydrogens (tertiary/aromatic N) is 4. The van der Waals surface area contributed by atoms with Gasteiger partial charge in [-0.1, -0.05) is 56.1 Å². The number of para-hydroxylation sites is 1. The molecule has 6 nitrogen and oxygen atoms in total. The molecule has 0 aliphatic heterocycles. The predicted molar refractivity (Wildman–Crippen MR) is 99.8 cm³/mol. The third kappa shape index (κ3) is 4.39. The summed E-state index contributed by atoms with van der Waals surface area (Å²) in [5, 5.41) is 15.9. The molecule has 7 heteroatoms. The normalized spacial score (nSPS) is 15.3. The van der Waals surface area contributed by atoms with Crippen molar-refractivity contribution in [3.8, 4) is 0 Å². The zero-order valence-electron chi connectivity index (χ0n) is 14.9. The number of aromatic nitrogens is 4. The van der Waals surface area contributed by atoms with Gasteiger partial charge in [0, 0.05) is 5.69 Å². The number of carbonyl (C=O) groups excluding carboxylic acids is 1. The summed E-state index contributed by atoms with van der Waals surface area (Å²) in [7, 11) is 0. The molecule has 25 heavy (non-hydrogen) atoms. The summed E-state index contributed by atoms with van der Waals surface area (Å²) < 4.78 is 1.91. The number of tetrazole rings is 1. The van der Waals surface area contributed by atoms with E-state index < -0.39 is 0 Å². The smallest absolute Gasteiger partial charge is 0.234 e. The summed E-state index contributed by atoms with van der Waals surface area (Å²) in [6.07, 6.45) is 6.87. The third-order valence-corrected chi connectivity index (χ3v) is 5.65. The number of nitrogens with one attached hydrogen (secondary N) is 1. The van der Waals surface area contributed by atoms with E-state index in [0.29, 0.717) is 11.8 Å². The van der Waals surface area contributed by atoms with E-state index in [4.69, 9.17) is 0 Å². The minimum absolute atomic E-state index is 0.0211. The van der Waals surface area contributed by atoms with Crippen LogP contribution in [0.4, 0.5) is 5.69 Å². The quantitative estimate of drug-likeness (QED) is 0.795. The van der Waals surface area contributed by atoms with Crippen LogP contribution >= 0.6 is 11.8 Å². The lowest BCUT2D eigenvalue weighted by Gasteiger charge is -2.21. The average Bonchev–Trinajstić information content (AvgIpc) is 3.11. The van der Waals surface area contributed by atoms with Gasteiger partial charge in [0.2, 0.25) is 11.1 Å². The number of hydrogen-bond donors (Lipinski definition) is 1. The predicted octanol–water partition coefficient (Wildman–Crippen LogP) is 3.78. The van der Waals surface area contributed by atoms with Gasteiger partial charge in [0.1, 0.15) is 0 Å². The van der Waals surface area contributed by atoms with E-state index in [0.717, 1.165) is 41.2 Å². The highest BCUT2D eigenvalue weighted by atomic mass is 32.2. The molecule has 1 aromatic heterocycles. The fourth-order valence-corrected chi connectivity index (χ4v) is 4.09. The Morgan fingerprint density at radius 3 is 2.88 bits per heavy atom. The van der Waals surface area contributed by atoms with Crippen molar-refractivity contribution >= 4 is 23.4 Å². The Morgan fingerprint density at radius 2 is 2.12 bits per heavy atom. The topological polar surface area (TPSA) is 72.7 Å². The van der Waals surface area contributed by atoms with Gasteiger partial charge in [-0.15, -0.1) is 5.10 Å². The van der Waals surface area contributed by atoms with Crippen molar-refractivity contribution in [2.45, 2.75) is 63.6 Å². The van der Waals surface area contributed by atoms with Crippen molar-refractivity contribution < 1.29 is 4.79 Å². The molecule has 0 unspecified atom stereocenters. The van der Waals surface area contributed by atoms with Crippen LogP contribution in [0, 0.1) is 6.92 Å². The van der Waals surface area contributed by atoms with Crippen molar-refractivity contribution in [3.05, 3.63) is 29.3 Å². The standard InChI is InChI=1S/C18H25N5OS/c1-3-14-9-7-8-13(2)17(14)19-16(24)12-25-18-20-21-22-23(18)15-10-5-4-6-11-15/h7-9,15H,3-6,10-12H2,1-2H3,(H,19,24). The summed E-state index contributed by atoms with van der Waals surface area (Å²) >= 11 is 1.41. The van der Waals surface area contributed by atoms with Gasteiger partial charge >= 0.3 is 0 Å². The van der Waals surface area contributed by atoms with Crippen LogP contribution in [0.2, 0.25) is 0 Å². The third-order valence-electron chi connectivity index (χ3n) is 4.72. The minimum Gasteiger partial charge on any atom is -0.325 e. The lowest BCUT2D eigenvalue weighted by molar-refractivity contribution is -0.113. The molecular weight excluding hydrogens is 334 g/mol. The summed E-state index contributed by atoms with van der Waals surface area (Å²) in [4.78, 5) is 12.4. The molecular formula is C18H25N5OS. The van der Waals surface area contributed by atoms with Crippen LogP contribution in [0.15, 0.2) is 23.4 Å². The molecule has 1 saturated carbocycles. The maximum atomic E-state index is 12.4. The van der Waals surface area contributed by atoms with Crippen LogP contribution < -0.4 is 5.32 Å². The van der Waals surface area contributed by atoms with Crippen LogP contribution in [0.25, 0.3) is 0 Å². The molecule has 2 aromatic rings. The van der Waals surface area contributed by atoms with E-state index in [1.165, 1.54) is 31.0 Å². The molecule has 1 heterocycles. The van der Waals surface area contributed by atoms with Crippen LogP contribution in [0.1, 0.15) is 56.2 Å². The van der Waals surface area contributed by atoms with E-state index in [1.807, 2.05) is 23.7 Å². The van der Waals surface area contributed by atoms with Gasteiger partial charge in [-0.05, 0) is 47.7 Å². The summed E-state index contributed by atoms with van der Waals surface area (Å²) in [6, 6.07) is 6.47. The Kier molecular flexibility index (Phi) is 6.07. The van der Waals surface area contributed by atoms with Gasteiger partial charge in [0.05, 0.1) is 11.8 Å². The Morgan fingerprint density at radius 1 is 1.32 bits per heavy atom. The second-order valence-electron chi connectivity index (χ2n) is 6.50. The molecule has 1 aliphatic carbocycles. The van der Waals surface area contributed by atoms with Crippen LogP contribution in [0.3, 0.4) is 0 Å². The Labute approximate surface area is 152 Å². The molecule has 0 atom stereocenters. The minimum atomic E-state index is -0.0211. The Bertz CT molecular complexity index is 724. The largest absolute Gasteiger partial charge is 0.325 e. The molecule has 1 amide bonds. The second-order valence-corrected chi connectivity index (χ2v) is 7.44. The van der Waals surface area contributed by atoms with Crippen LogP contribution in [-0.2, 0) is 11.2 Å². The fourth-order valence-electron chi connectivity index (χ4n) is 3.34. The zero-order chi connectivity index (χ0) is 17.6. The van der Waals surface area contributed by atoms with Crippen molar-refractivity contribution in [1.82, 2.24) is 20.2 Å². The number of aryl methyl sites for hydroxylation is 2. The van der Waals surface area contributed by atoms with Gasteiger partial charge < -0.3 is 5.32 Å². The highest BCUT2D eigenvalue weighted by Crippen LogP contribution is 2.30. The molecule has 0 saturated heterocycles. The highest BCUT2D eigenvalue weighted by molar-refractivity contribution is 7.99. The number of benzene rings is 1. The molecule has 1 aliphatic rings. The average molecular weight is 359 g/mol. The van der Waals surface area contributed by atoms with Gasteiger partial charge in [0.25, 0.3) is 0 Å². The van der Waals surface area contributed by atoms with Crippen LogP contribution in [0.5, 0.6) is 0 Å². The fraction of sp³-hybridized carbons (Fsp3) is 0.556. The van der Waals surface area contributed by atoms with E-state index in [1.54, 1.807) is 0 Å². The number of amides is 1. The van der Waals surface area contributed by atoms with Gasteiger partial charge in [-0.2, -0.15) is 0 Å². The molecule has 0 bridgehead atoms. The van der Waals surface area contributed by atoms with E-state index in [-0.39, 0.29) is 5.91 Å². The summed E-state index contributed by atoms with van der Waals surface area (Å²) in [5.41, 5.74) is 3.18. The maximum absolute atomic E-state index is 12.4. The zero-order valence-corrected chi connectivity index (χ0v) is 15.7. The van der Waals surface area contributed by atoms with Gasteiger partial charge in [-0.3, -0.25) is 4.79 Å². The van der Waals surface area contributed by atoms with Gasteiger partial charge in [-0.25, -0.2) is 4.68 Å². The Balaban J connectivity index is 1.61. The number of rotatable bonds is 6. The highest BCUT2D eigenvalue weighted by Gasteiger charge is 2.21. The molecule has 3 rings (SSSR count). The van der Waals surface area contributed by atoms with Crippen molar-refractivity contribution in [2.24, 2.45) is 0 Å². The second kappa shape index (κ2) is 8.47. The summed E-state index contributed by atoms with van der Waals surface area (Å²) in [5.74, 6) is 0.289. The molecule has 1 fully saturated rings. The Hall–Kier alpha value is -1.89. The SMILES string of the molecule is CCc1cccc(C)c1NC(=O)CSc1nnnn1C1CCCCC1. The first-order valence-corrected chi connectivity index (χ1v) is 9.96. The van der Waals surface area contributed by atoms with E-state index >= 15 is 0 Å². The first-order chi connectivity index (χ1) is 12.2. The van der Waals surface area contributed by atoms with E-state index in [9.17, 15) is 4.79 Å². The van der Waals surface area contributed by atoms with Crippen molar-refractivity contribution in [2.75, 3.05) is 11.1 Å². The van der Waals surface area contributed by atoms with Crippen molar-refractivity contribution in [1.29, 1.82) is 0 Å².